The summed E-state index contributed by atoms with van der Waals surface area (Å²) in [7, 11) is 2.09. The molecular weight excluding hydrogens is 244 g/mol. The number of likely N-dealkylation sites (N-methyl/N-ethyl adjacent to an activating group) is 1. The highest BCUT2D eigenvalue weighted by Gasteiger charge is 2.21. The summed E-state index contributed by atoms with van der Waals surface area (Å²) in [4.78, 5) is 31.0. The van der Waals surface area contributed by atoms with Gasteiger partial charge in [0.15, 0.2) is 0 Å². The number of amides is 2. The van der Waals surface area contributed by atoms with E-state index in [1.165, 1.54) is 0 Å². The Labute approximate surface area is 114 Å². The van der Waals surface area contributed by atoms with E-state index >= 15 is 0 Å². The minimum Gasteiger partial charge on any atom is -0.343 e. The summed E-state index contributed by atoms with van der Waals surface area (Å²) in [6, 6.07) is 0. The fourth-order valence-electron chi connectivity index (χ4n) is 2.56. The average Bonchev–Trinajstić information content (AvgIpc) is 2.46. The van der Waals surface area contributed by atoms with Crippen molar-refractivity contribution in [2.75, 3.05) is 66.0 Å². The molecule has 0 bridgehead atoms. The quantitative estimate of drug-likeness (QED) is 0.609. The molecule has 6 nitrogen and oxygen atoms in total. The summed E-state index contributed by atoms with van der Waals surface area (Å²) < 4.78 is 0. The number of carbonyl (C=O) groups is 2. The first-order valence-electron chi connectivity index (χ1n) is 7.07. The molecule has 0 atom stereocenters. The van der Waals surface area contributed by atoms with Crippen molar-refractivity contribution in [3.05, 3.63) is 0 Å². The molecule has 2 aliphatic rings. The third kappa shape index (κ3) is 4.18. The predicted octanol–water partition coefficient (Wildman–Crippen LogP) is -1.08. The molecule has 0 spiro atoms. The fraction of sp³-hybridized carbons (Fsp3) is 0.846. The Kier molecular flexibility index (Phi) is 5.15. The van der Waals surface area contributed by atoms with Crippen molar-refractivity contribution in [3.8, 4) is 0 Å². The van der Waals surface area contributed by atoms with Crippen LogP contribution in [0.1, 0.15) is 6.42 Å². The topological polar surface area (TPSA) is 47.1 Å². The first-order chi connectivity index (χ1) is 9.19. The van der Waals surface area contributed by atoms with Gasteiger partial charge >= 0.3 is 0 Å². The number of rotatable bonds is 4. The lowest BCUT2D eigenvalue weighted by molar-refractivity contribution is -0.133. The molecular formula is C13H24N4O2. The average molecular weight is 268 g/mol. The van der Waals surface area contributed by atoms with E-state index < -0.39 is 0 Å². The molecule has 2 amide bonds. The summed E-state index contributed by atoms with van der Waals surface area (Å²) in [5.74, 6) is 0.269. The van der Waals surface area contributed by atoms with Gasteiger partial charge in [0.2, 0.25) is 12.3 Å². The molecule has 19 heavy (non-hydrogen) atoms. The van der Waals surface area contributed by atoms with Crippen molar-refractivity contribution < 1.29 is 9.59 Å². The zero-order valence-electron chi connectivity index (χ0n) is 11.8. The summed E-state index contributed by atoms with van der Waals surface area (Å²) in [5.41, 5.74) is 0. The maximum absolute atomic E-state index is 12.1. The summed E-state index contributed by atoms with van der Waals surface area (Å²) in [6.45, 7) is 7.82. The molecule has 0 N–H and O–H groups in total. The van der Waals surface area contributed by atoms with Crippen LogP contribution in [0.25, 0.3) is 0 Å². The third-order valence-electron chi connectivity index (χ3n) is 4.05. The molecule has 0 aromatic rings. The van der Waals surface area contributed by atoms with Crippen LogP contribution in [0.15, 0.2) is 0 Å². The minimum atomic E-state index is 0.269. The molecule has 0 aromatic heterocycles. The van der Waals surface area contributed by atoms with Crippen molar-refractivity contribution in [1.29, 1.82) is 0 Å². The van der Waals surface area contributed by atoms with Crippen molar-refractivity contribution in [1.82, 2.24) is 19.6 Å². The van der Waals surface area contributed by atoms with Gasteiger partial charge in [0.25, 0.3) is 0 Å². The van der Waals surface area contributed by atoms with Crippen molar-refractivity contribution in [3.63, 3.8) is 0 Å². The predicted molar refractivity (Wildman–Crippen MR) is 72.8 cm³/mol. The lowest BCUT2D eigenvalue weighted by Crippen LogP contribution is -2.49. The highest BCUT2D eigenvalue weighted by Crippen LogP contribution is 2.05. The number of hydrogen-bond acceptors (Lipinski definition) is 4. The van der Waals surface area contributed by atoms with E-state index in [-0.39, 0.29) is 5.91 Å². The van der Waals surface area contributed by atoms with E-state index in [1.807, 2.05) is 4.90 Å². The van der Waals surface area contributed by atoms with Crippen molar-refractivity contribution in [2.45, 2.75) is 6.42 Å². The summed E-state index contributed by atoms with van der Waals surface area (Å²) in [5, 5.41) is 0. The lowest BCUT2D eigenvalue weighted by Gasteiger charge is -2.34. The molecule has 2 aliphatic heterocycles. The van der Waals surface area contributed by atoms with Gasteiger partial charge in [-0.1, -0.05) is 0 Å². The van der Waals surface area contributed by atoms with E-state index in [9.17, 15) is 9.59 Å². The van der Waals surface area contributed by atoms with Gasteiger partial charge in [0, 0.05) is 65.3 Å². The highest BCUT2D eigenvalue weighted by atomic mass is 16.2. The number of piperazine rings is 2. The second-order valence-electron chi connectivity index (χ2n) is 5.42. The first-order valence-corrected chi connectivity index (χ1v) is 7.07. The largest absolute Gasteiger partial charge is 0.343 e. The van der Waals surface area contributed by atoms with Gasteiger partial charge in [0.1, 0.15) is 0 Å². The molecule has 2 heterocycles. The van der Waals surface area contributed by atoms with Crippen LogP contribution in [0.4, 0.5) is 0 Å². The third-order valence-corrected chi connectivity index (χ3v) is 4.05. The van der Waals surface area contributed by atoms with Crippen LogP contribution in [-0.4, -0.2) is 97.9 Å². The molecule has 0 aromatic carbocycles. The molecule has 2 saturated heterocycles. The van der Waals surface area contributed by atoms with E-state index in [0.29, 0.717) is 6.42 Å². The zero-order valence-corrected chi connectivity index (χ0v) is 11.8. The Hall–Kier alpha value is -1.14. The van der Waals surface area contributed by atoms with Gasteiger partial charge in [-0.15, -0.1) is 0 Å². The Morgan fingerprint density at radius 3 is 2.21 bits per heavy atom. The van der Waals surface area contributed by atoms with Crippen LogP contribution in [0.5, 0.6) is 0 Å². The SMILES string of the molecule is CN1CCN(C(=O)CCN2CCN(C=O)CC2)CC1. The van der Waals surface area contributed by atoms with Gasteiger partial charge in [0.05, 0.1) is 0 Å². The normalized spacial score (nSPS) is 22.6. The molecule has 0 saturated carbocycles. The molecule has 2 fully saturated rings. The molecule has 0 aliphatic carbocycles. The number of carbonyl (C=O) groups excluding carboxylic acids is 2. The fourth-order valence-corrected chi connectivity index (χ4v) is 2.56. The Balaban J connectivity index is 1.65. The van der Waals surface area contributed by atoms with Crippen LogP contribution in [0, 0.1) is 0 Å². The van der Waals surface area contributed by atoms with Crippen molar-refractivity contribution >= 4 is 12.3 Å². The number of hydrogen-bond donors (Lipinski definition) is 0. The summed E-state index contributed by atoms with van der Waals surface area (Å²) >= 11 is 0. The lowest BCUT2D eigenvalue weighted by atomic mass is 10.2. The van der Waals surface area contributed by atoms with Gasteiger partial charge in [-0.2, -0.15) is 0 Å². The van der Waals surface area contributed by atoms with Gasteiger partial charge in [-0.05, 0) is 7.05 Å². The van der Waals surface area contributed by atoms with E-state index in [1.54, 1.807) is 4.90 Å². The summed E-state index contributed by atoms with van der Waals surface area (Å²) in [6.07, 6.45) is 1.51. The second-order valence-corrected chi connectivity index (χ2v) is 5.42. The second kappa shape index (κ2) is 6.86. The standard InChI is InChI=1S/C13H24N4O2/c1-14-4-10-17(11-5-14)13(19)2-3-15-6-8-16(12-18)9-7-15/h12H,2-11H2,1H3. The Bertz CT molecular complexity index is 308. The maximum Gasteiger partial charge on any atom is 0.223 e. The first kappa shape index (κ1) is 14.3. The van der Waals surface area contributed by atoms with Crippen LogP contribution < -0.4 is 0 Å². The molecule has 2 rings (SSSR count). The van der Waals surface area contributed by atoms with Crippen LogP contribution >= 0.6 is 0 Å². The number of nitrogens with zero attached hydrogens (tertiary/aromatic N) is 4. The van der Waals surface area contributed by atoms with Gasteiger partial charge in [-0.3, -0.25) is 14.5 Å². The molecule has 6 heteroatoms. The van der Waals surface area contributed by atoms with E-state index in [4.69, 9.17) is 0 Å². The van der Waals surface area contributed by atoms with Gasteiger partial charge < -0.3 is 14.7 Å². The monoisotopic (exact) mass is 268 g/mol. The maximum atomic E-state index is 12.1. The van der Waals surface area contributed by atoms with Crippen LogP contribution in [-0.2, 0) is 9.59 Å². The van der Waals surface area contributed by atoms with Gasteiger partial charge in [-0.25, -0.2) is 0 Å². The Morgan fingerprint density at radius 1 is 1.00 bits per heavy atom. The van der Waals surface area contributed by atoms with Crippen LogP contribution in [0.3, 0.4) is 0 Å². The van der Waals surface area contributed by atoms with E-state index in [0.717, 1.165) is 65.3 Å². The minimum absolute atomic E-state index is 0.269. The molecule has 0 unspecified atom stereocenters. The molecule has 108 valence electrons. The highest BCUT2D eigenvalue weighted by molar-refractivity contribution is 5.76. The smallest absolute Gasteiger partial charge is 0.223 e. The zero-order chi connectivity index (χ0) is 13.7. The van der Waals surface area contributed by atoms with E-state index in [2.05, 4.69) is 16.8 Å². The van der Waals surface area contributed by atoms with Crippen LogP contribution in [0.2, 0.25) is 0 Å². The Morgan fingerprint density at radius 2 is 1.63 bits per heavy atom. The van der Waals surface area contributed by atoms with Crippen molar-refractivity contribution in [2.24, 2.45) is 0 Å². The molecule has 0 radical (unpaired) electrons.